The molecule has 2 N–H and O–H groups in total. The minimum atomic E-state index is -0.141. The molecule has 0 aliphatic carbocycles. The van der Waals surface area contributed by atoms with Crippen LogP contribution in [0.5, 0.6) is 0 Å². The van der Waals surface area contributed by atoms with Gasteiger partial charge in [-0.1, -0.05) is 18.2 Å². The first kappa shape index (κ1) is 12.6. The maximum Gasteiger partial charge on any atom is 0.0951 e. The highest BCUT2D eigenvalue weighted by atomic mass is 16.3. The molecule has 0 radical (unpaired) electrons. The number of benzene rings is 1. The van der Waals surface area contributed by atoms with E-state index in [2.05, 4.69) is 28.7 Å². The van der Waals surface area contributed by atoms with Gasteiger partial charge in [0.15, 0.2) is 0 Å². The highest BCUT2D eigenvalue weighted by Gasteiger charge is 2.16. The average Bonchev–Trinajstić information content (AvgIpc) is 2.86. The largest absolute Gasteiger partial charge is 0.394 e. The third-order valence-corrected chi connectivity index (χ3v) is 2.91. The zero-order chi connectivity index (χ0) is 13.0. The molecule has 0 spiro atoms. The number of nitrogens with zero attached hydrogens (tertiary/aromatic N) is 2. The maximum atomic E-state index is 9.56. The van der Waals surface area contributed by atoms with E-state index in [9.17, 15) is 5.11 Å². The minimum Gasteiger partial charge on any atom is -0.394 e. The molecule has 18 heavy (non-hydrogen) atoms. The number of aliphatic hydroxyl groups is 1. The second kappa shape index (κ2) is 5.69. The predicted octanol–water partition coefficient (Wildman–Crippen LogP) is 2.61. The molecule has 4 heteroatoms. The molecule has 4 nitrogen and oxygen atoms in total. The lowest BCUT2D eigenvalue weighted by molar-refractivity contribution is 0.271. The average molecular weight is 245 g/mol. The highest BCUT2D eigenvalue weighted by molar-refractivity contribution is 5.44. The molecule has 0 saturated heterocycles. The number of anilines is 1. The van der Waals surface area contributed by atoms with Gasteiger partial charge in [0.25, 0.3) is 0 Å². The molecular weight excluding hydrogens is 226 g/mol. The van der Waals surface area contributed by atoms with Gasteiger partial charge in [0.2, 0.25) is 0 Å². The van der Waals surface area contributed by atoms with Crippen LogP contribution in [0.2, 0.25) is 0 Å². The van der Waals surface area contributed by atoms with Crippen LogP contribution in [-0.2, 0) is 0 Å². The summed E-state index contributed by atoms with van der Waals surface area (Å²) in [4.78, 5) is 4.17. The number of rotatable bonds is 5. The zero-order valence-electron chi connectivity index (χ0n) is 10.7. The summed E-state index contributed by atoms with van der Waals surface area (Å²) in [7, 11) is 0. The molecule has 0 aliphatic rings. The van der Waals surface area contributed by atoms with Crippen molar-refractivity contribution in [3.63, 3.8) is 0 Å². The van der Waals surface area contributed by atoms with Crippen LogP contribution in [0.3, 0.4) is 0 Å². The third kappa shape index (κ3) is 2.71. The van der Waals surface area contributed by atoms with E-state index in [0.29, 0.717) is 6.04 Å². The quantitative estimate of drug-likeness (QED) is 0.851. The Morgan fingerprint density at radius 3 is 2.61 bits per heavy atom. The first-order chi connectivity index (χ1) is 8.72. The van der Waals surface area contributed by atoms with E-state index >= 15 is 0 Å². The van der Waals surface area contributed by atoms with Crippen molar-refractivity contribution in [3.8, 4) is 0 Å². The molecule has 2 rings (SSSR count). The van der Waals surface area contributed by atoms with E-state index in [-0.39, 0.29) is 12.6 Å². The third-order valence-electron chi connectivity index (χ3n) is 2.91. The van der Waals surface area contributed by atoms with Crippen molar-refractivity contribution in [1.82, 2.24) is 9.55 Å². The van der Waals surface area contributed by atoms with Gasteiger partial charge in [-0.3, -0.25) is 0 Å². The molecule has 2 aromatic rings. The van der Waals surface area contributed by atoms with Gasteiger partial charge in [-0.05, 0) is 26.0 Å². The summed E-state index contributed by atoms with van der Waals surface area (Å²) in [5.74, 6) is 0. The van der Waals surface area contributed by atoms with Crippen LogP contribution in [0.25, 0.3) is 0 Å². The Bertz CT molecular complexity index is 479. The highest BCUT2D eigenvalue weighted by Crippen LogP contribution is 2.21. The summed E-state index contributed by atoms with van der Waals surface area (Å²) in [6.07, 6.45) is 3.60. The summed E-state index contributed by atoms with van der Waals surface area (Å²) in [6, 6.07) is 10.1. The van der Waals surface area contributed by atoms with Crippen molar-refractivity contribution in [2.75, 3.05) is 11.9 Å². The lowest BCUT2D eigenvalue weighted by Gasteiger charge is -2.21. The van der Waals surface area contributed by atoms with E-state index in [1.165, 1.54) is 0 Å². The normalized spacial score (nSPS) is 12.7. The Balaban J connectivity index is 2.21. The smallest absolute Gasteiger partial charge is 0.0951 e. The minimum absolute atomic E-state index is 0.0350. The lowest BCUT2D eigenvalue weighted by atomic mass is 10.2. The standard InChI is InChI=1S/C14H19N3O/c1-11(2)17-10-15-8-14(17)13(9-18)16-12-6-4-3-5-7-12/h3-8,10-11,13,16,18H,9H2,1-2H3. The van der Waals surface area contributed by atoms with Crippen molar-refractivity contribution in [2.45, 2.75) is 25.9 Å². The Hall–Kier alpha value is -1.81. The van der Waals surface area contributed by atoms with Crippen molar-refractivity contribution >= 4 is 5.69 Å². The van der Waals surface area contributed by atoms with Crippen LogP contribution < -0.4 is 5.32 Å². The van der Waals surface area contributed by atoms with Crippen LogP contribution in [0, 0.1) is 0 Å². The molecule has 1 unspecified atom stereocenters. The van der Waals surface area contributed by atoms with Crippen LogP contribution in [0.4, 0.5) is 5.69 Å². The summed E-state index contributed by atoms with van der Waals surface area (Å²) >= 11 is 0. The summed E-state index contributed by atoms with van der Waals surface area (Å²) in [5, 5.41) is 12.9. The molecule has 1 aromatic heterocycles. The summed E-state index contributed by atoms with van der Waals surface area (Å²) in [6.45, 7) is 4.23. The lowest BCUT2D eigenvalue weighted by Crippen LogP contribution is -2.19. The molecule has 0 bridgehead atoms. The first-order valence-electron chi connectivity index (χ1n) is 6.16. The number of nitrogens with one attached hydrogen (secondary N) is 1. The van der Waals surface area contributed by atoms with Gasteiger partial charge in [0, 0.05) is 11.7 Å². The SMILES string of the molecule is CC(C)n1cncc1C(CO)Nc1ccccc1. The Kier molecular flexibility index (Phi) is 3.99. The predicted molar refractivity (Wildman–Crippen MR) is 72.5 cm³/mol. The second-order valence-corrected chi connectivity index (χ2v) is 4.57. The van der Waals surface area contributed by atoms with E-state index < -0.39 is 0 Å². The zero-order valence-corrected chi connectivity index (χ0v) is 10.7. The number of aromatic nitrogens is 2. The van der Waals surface area contributed by atoms with E-state index in [1.807, 2.05) is 30.3 Å². The molecule has 0 saturated carbocycles. The number of para-hydroxylation sites is 1. The molecule has 96 valence electrons. The van der Waals surface area contributed by atoms with Crippen LogP contribution in [-0.4, -0.2) is 21.3 Å². The summed E-state index contributed by atoms with van der Waals surface area (Å²) < 4.78 is 2.07. The second-order valence-electron chi connectivity index (χ2n) is 4.57. The number of aliphatic hydroxyl groups excluding tert-OH is 1. The Morgan fingerprint density at radius 1 is 1.28 bits per heavy atom. The van der Waals surface area contributed by atoms with E-state index in [0.717, 1.165) is 11.4 Å². The number of hydrogen-bond acceptors (Lipinski definition) is 3. The Morgan fingerprint density at radius 2 is 2.00 bits per heavy atom. The fourth-order valence-corrected chi connectivity index (χ4v) is 1.96. The summed E-state index contributed by atoms with van der Waals surface area (Å²) in [5.41, 5.74) is 1.99. The first-order valence-corrected chi connectivity index (χ1v) is 6.16. The van der Waals surface area contributed by atoms with Crippen molar-refractivity contribution in [3.05, 3.63) is 48.5 Å². The van der Waals surface area contributed by atoms with Crippen molar-refractivity contribution < 1.29 is 5.11 Å². The molecule has 1 heterocycles. The fourth-order valence-electron chi connectivity index (χ4n) is 1.96. The van der Waals surface area contributed by atoms with Gasteiger partial charge < -0.3 is 15.0 Å². The van der Waals surface area contributed by atoms with Gasteiger partial charge >= 0.3 is 0 Å². The number of imidazole rings is 1. The molecule has 0 aliphatic heterocycles. The van der Waals surface area contributed by atoms with E-state index in [1.54, 1.807) is 12.5 Å². The number of hydrogen-bond donors (Lipinski definition) is 2. The topological polar surface area (TPSA) is 50.1 Å². The molecule has 1 atom stereocenters. The van der Waals surface area contributed by atoms with Crippen LogP contribution in [0.1, 0.15) is 31.6 Å². The Labute approximate surface area is 107 Å². The fraction of sp³-hybridized carbons (Fsp3) is 0.357. The van der Waals surface area contributed by atoms with Crippen molar-refractivity contribution in [1.29, 1.82) is 0 Å². The van der Waals surface area contributed by atoms with Gasteiger partial charge in [0.05, 0.1) is 30.9 Å². The molecular formula is C14H19N3O. The molecule has 0 fully saturated rings. The van der Waals surface area contributed by atoms with Crippen molar-refractivity contribution in [2.24, 2.45) is 0 Å². The maximum absolute atomic E-state index is 9.56. The van der Waals surface area contributed by atoms with Crippen LogP contribution >= 0.6 is 0 Å². The van der Waals surface area contributed by atoms with Gasteiger partial charge in [-0.15, -0.1) is 0 Å². The van der Waals surface area contributed by atoms with Gasteiger partial charge in [-0.2, -0.15) is 0 Å². The van der Waals surface area contributed by atoms with Gasteiger partial charge in [-0.25, -0.2) is 4.98 Å². The van der Waals surface area contributed by atoms with E-state index in [4.69, 9.17) is 0 Å². The molecule has 1 aromatic carbocycles. The van der Waals surface area contributed by atoms with Gasteiger partial charge in [0.1, 0.15) is 0 Å². The molecule has 0 amide bonds. The monoisotopic (exact) mass is 245 g/mol. The van der Waals surface area contributed by atoms with Crippen LogP contribution in [0.15, 0.2) is 42.9 Å².